The van der Waals surface area contributed by atoms with Gasteiger partial charge in [-0.2, -0.15) is 0 Å². The fraction of sp³-hybridized carbons (Fsp3) is 0.857. The standard InChI is InChI=1S/C49H89NO4/c1-8-11-26-33-45(6)42-48(51)53-40-31-24-20-16-14-18-22-29-34-46(38-39-50(7)44(4)5)35-30-23-19-15-17-21-25-32-41-54-49(52)43-47(36-27-12-9-2)37-28-13-10-3/h36,44-47H,2,8,10-11,13-26,28-35,37-43H2,1,3-7H3. The summed E-state index contributed by atoms with van der Waals surface area (Å²) < 4.78 is 11.0. The van der Waals surface area contributed by atoms with Gasteiger partial charge < -0.3 is 14.4 Å². The van der Waals surface area contributed by atoms with Crippen molar-refractivity contribution in [2.45, 2.75) is 227 Å². The number of allylic oxidation sites excluding steroid dienone is 1. The highest BCUT2D eigenvalue weighted by atomic mass is 16.5. The number of unbranched alkanes of at least 4 members (excludes halogenated alkanes) is 18. The summed E-state index contributed by atoms with van der Waals surface area (Å²) in [6.45, 7) is 17.1. The summed E-state index contributed by atoms with van der Waals surface area (Å²) in [7, 11) is 2.27. The second-order valence-corrected chi connectivity index (χ2v) is 16.8. The summed E-state index contributed by atoms with van der Waals surface area (Å²) in [6, 6.07) is 0.617. The van der Waals surface area contributed by atoms with E-state index in [0.29, 0.717) is 38.0 Å². The predicted octanol–water partition coefficient (Wildman–Crippen LogP) is 14.3. The van der Waals surface area contributed by atoms with Gasteiger partial charge >= 0.3 is 11.9 Å². The van der Waals surface area contributed by atoms with Crippen molar-refractivity contribution in [3.63, 3.8) is 0 Å². The lowest BCUT2D eigenvalue weighted by Gasteiger charge is -2.24. The molecule has 0 heterocycles. The highest BCUT2D eigenvalue weighted by molar-refractivity contribution is 5.70. The molecule has 0 aliphatic rings. The number of hydrogen-bond donors (Lipinski definition) is 0. The van der Waals surface area contributed by atoms with Crippen LogP contribution in [0, 0.1) is 17.8 Å². The summed E-state index contributed by atoms with van der Waals surface area (Å²) in [6.07, 6.45) is 36.6. The minimum absolute atomic E-state index is 0.00371. The molecular formula is C49H89NO4. The fourth-order valence-corrected chi connectivity index (χ4v) is 7.21. The Morgan fingerprint density at radius 3 is 1.52 bits per heavy atom. The van der Waals surface area contributed by atoms with E-state index < -0.39 is 0 Å². The lowest BCUT2D eigenvalue weighted by atomic mass is 9.91. The van der Waals surface area contributed by atoms with E-state index in [4.69, 9.17) is 9.47 Å². The first-order valence-electron chi connectivity index (χ1n) is 23.1. The molecule has 314 valence electrons. The minimum Gasteiger partial charge on any atom is -0.466 e. The van der Waals surface area contributed by atoms with Crippen LogP contribution >= 0.6 is 0 Å². The van der Waals surface area contributed by atoms with E-state index in [1.165, 1.54) is 141 Å². The molecule has 0 bridgehead atoms. The van der Waals surface area contributed by atoms with Gasteiger partial charge in [-0.15, -0.1) is 0 Å². The maximum atomic E-state index is 12.4. The third-order valence-corrected chi connectivity index (χ3v) is 11.2. The molecule has 0 amide bonds. The van der Waals surface area contributed by atoms with Crippen LogP contribution in [-0.4, -0.2) is 49.7 Å². The first-order valence-corrected chi connectivity index (χ1v) is 23.1. The molecule has 0 N–H and O–H groups in total. The molecule has 0 radical (unpaired) electrons. The first-order chi connectivity index (χ1) is 26.2. The van der Waals surface area contributed by atoms with Crippen LogP contribution in [0.3, 0.4) is 0 Å². The van der Waals surface area contributed by atoms with E-state index in [2.05, 4.69) is 70.3 Å². The quantitative estimate of drug-likeness (QED) is 0.0355. The SMILES string of the molecule is C=C=C=C=CC(CCCCC)CC(=O)OCCCCCCCCCCC(CCCCCCCCCCOC(=O)CC(C)CCCCC)CCN(C)C(C)C. The summed E-state index contributed by atoms with van der Waals surface area (Å²) >= 11 is 0. The fourth-order valence-electron chi connectivity index (χ4n) is 7.21. The Morgan fingerprint density at radius 1 is 0.593 bits per heavy atom. The molecule has 0 aromatic heterocycles. The zero-order valence-electron chi connectivity index (χ0n) is 36.8. The van der Waals surface area contributed by atoms with Crippen molar-refractivity contribution in [1.29, 1.82) is 0 Å². The molecule has 0 rings (SSSR count). The number of esters is 2. The average Bonchev–Trinajstić information content (AvgIpc) is 3.14. The number of ether oxygens (including phenoxy) is 2. The monoisotopic (exact) mass is 756 g/mol. The highest BCUT2D eigenvalue weighted by Gasteiger charge is 2.14. The van der Waals surface area contributed by atoms with E-state index >= 15 is 0 Å². The zero-order valence-corrected chi connectivity index (χ0v) is 36.8. The van der Waals surface area contributed by atoms with Gasteiger partial charge in [0.15, 0.2) is 0 Å². The summed E-state index contributed by atoms with van der Waals surface area (Å²) in [4.78, 5) is 27.0. The van der Waals surface area contributed by atoms with E-state index in [0.717, 1.165) is 44.4 Å². The third kappa shape index (κ3) is 35.7. The molecule has 0 aliphatic carbocycles. The maximum absolute atomic E-state index is 12.4. The number of rotatable bonds is 39. The van der Waals surface area contributed by atoms with Crippen LogP contribution in [0.1, 0.15) is 221 Å². The van der Waals surface area contributed by atoms with Gasteiger partial charge in [-0.05, 0) is 89.3 Å². The van der Waals surface area contributed by atoms with Crippen molar-refractivity contribution < 1.29 is 19.1 Å². The molecule has 0 aliphatic heterocycles. The van der Waals surface area contributed by atoms with Crippen LogP contribution in [0.25, 0.3) is 0 Å². The third-order valence-electron chi connectivity index (χ3n) is 11.2. The van der Waals surface area contributed by atoms with E-state index in [9.17, 15) is 9.59 Å². The van der Waals surface area contributed by atoms with Crippen LogP contribution in [-0.2, 0) is 19.1 Å². The average molecular weight is 756 g/mol. The largest absolute Gasteiger partial charge is 0.466 e. The second kappa shape index (κ2) is 39.2. The van der Waals surface area contributed by atoms with Crippen LogP contribution < -0.4 is 0 Å². The van der Waals surface area contributed by atoms with Crippen LogP contribution in [0.2, 0.25) is 0 Å². The number of carbonyl (C=O) groups excluding carboxylic acids is 2. The highest BCUT2D eigenvalue weighted by Crippen LogP contribution is 2.23. The van der Waals surface area contributed by atoms with Crippen LogP contribution in [0.15, 0.2) is 29.8 Å². The van der Waals surface area contributed by atoms with Crippen LogP contribution in [0.4, 0.5) is 0 Å². The van der Waals surface area contributed by atoms with Gasteiger partial charge in [0.25, 0.3) is 0 Å². The van der Waals surface area contributed by atoms with Crippen molar-refractivity contribution in [3.8, 4) is 0 Å². The Kier molecular flexibility index (Phi) is 37.8. The number of hydrogen-bond acceptors (Lipinski definition) is 5. The maximum Gasteiger partial charge on any atom is 0.306 e. The normalized spacial score (nSPS) is 12.9. The first kappa shape index (κ1) is 52.0. The zero-order chi connectivity index (χ0) is 39.9. The molecule has 0 spiro atoms. The van der Waals surface area contributed by atoms with Gasteiger partial charge in [0.1, 0.15) is 0 Å². The minimum atomic E-state index is -0.0939. The Labute approximate surface area is 336 Å². The van der Waals surface area contributed by atoms with Crippen molar-refractivity contribution in [2.75, 3.05) is 26.8 Å². The van der Waals surface area contributed by atoms with E-state index in [1.54, 1.807) is 0 Å². The molecule has 0 aromatic rings. The van der Waals surface area contributed by atoms with Gasteiger partial charge in [-0.25, -0.2) is 0 Å². The van der Waals surface area contributed by atoms with Crippen molar-refractivity contribution in [1.82, 2.24) is 4.90 Å². The molecule has 5 heteroatoms. The Balaban J connectivity index is 4.03. The lowest BCUT2D eigenvalue weighted by molar-refractivity contribution is -0.145. The van der Waals surface area contributed by atoms with Crippen LogP contribution in [0.5, 0.6) is 0 Å². The smallest absolute Gasteiger partial charge is 0.306 e. The number of nitrogens with zero attached hydrogens (tertiary/aromatic N) is 1. The molecule has 3 atom stereocenters. The molecule has 0 fully saturated rings. The Morgan fingerprint density at radius 2 is 1.04 bits per heavy atom. The van der Waals surface area contributed by atoms with Crippen molar-refractivity contribution in [2.24, 2.45) is 17.8 Å². The molecular weight excluding hydrogens is 667 g/mol. The topological polar surface area (TPSA) is 55.8 Å². The summed E-state index contributed by atoms with van der Waals surface area (Å²) in [5.74, 6) is 1.37. The molecule has 0 saturated carbocycles. The number of carbonyl (C=O) groups is 2. The van der Waals surface area contributed by atoms with Gasteiger partial charge in [-0.1, -0.05) is 180 Å². The Bertz CT molecular complexity index is 988. The molecule has 0 aromatic carbocycles. The Hall–Kier alpha value is -2.02. The van der Waals surface area contributed by atoms with Crippen molar-refractivity contribution >= 4 is 11.9 Å². The van der Waals surface area contributed by atoms with Gasteiger partial charge in [0.2, 0.25) is 0 Å². The van der Waals surface area contributed by atoms with Gasteiger partial charge in [0.05, 0.1) is 19.6 Å². The van der Waals surface area contributed by atoms with Gasteiger partial charge in [0, 0.05) is 12.5 Å². The van der Waals surface area contributed by atoms with Gasteiger partial charge in [-0.3, -0.25) is 9.59 Å². The second-order valence-electron chi connectivity index (χ2n) is 16.8. The molecule has 54 heavy (non-hydrogen) atoms. The predicted molar refractivity (Wildman–Crippen MR) is 232 cm³/mol. The molecule has 5 nitrogen and oxygen atoms in total. The summed E-state index contributed by atoms with van der Waals surface area (Å²) in [5, 5.41) is 0. The molecule has 3 unspecified atom stereocenters. The molecule has 0 saturated heterocycles. The van der Waals surface area contributed by atoms with Crippen molar-refractivity contribution in [3.05, 3.63) is 29.8 Å². The lowest BCUT2D eigenvalue weighted by Crippen LogP contribution is -2.28. The summed E-state index contributed by atoms with van der Waals surface area (Å²) in [5.41, 5.74) is 8.29. The van der Waals surface area contributed by atoms with E-state index in [1.807, 2.05) is 6.08 Å². The van der Waals surface area contributed by atoms with E-state index in [-0.39, 0.29) is 17.9 Å².